The van der Waals surface area contributed by atoms with Crippen molar-refractivity contribution in [3.05, 3.63) is 94.8 Å². The Hall–Kier alpha value is -3.71. The summed E-state index contributed by atoms with van der Waals surface area (Å²) in [5.41, 5.74) is 2.50. The summed E-state index contributed by atoms with van der Waals surface area (Å²) in [7, 11) is 0. The molecule has 8 heteroatoms. The van der Waals surface area contributed by atoms with Crippen LogP contribution in [0.25, 0.3) is 0 Å². The molecule has 1 unspecified atom stereocenters. The minimum Gasteiger partial charge on any atom is -0.326 e. The van der Waals surface area contributed by atoms with E-state index in [1.807, 2.05) is 13.0 Å². The zero-order valence-electron chi connectivity index (χ0n) is 17.8. The molecule has 1 saturated heterocycles. The molecule has 1 fully saturated rings. The van der Waals surface area contributed by atoms with Crippen molar-refractivity contribution < 1.29 is 18.8 Å². The number of halogens is 2. The van der Waals surface area contributed by atoms with Crippen molar-refractivity contribution in [1.29, 1.82) is 0 Å². The Balaban J connectivity index is 1.60. The number of anilines is 2. The van der Waals surface area contributed by atoms with Gasteiger partial charge < -0.3 is 10.2 Å². The average Bonchev–Trinajstić information content (AvgIpc) is 3.00. The van der Waals surface area contributed by atoms with Crippen molar-refractivity contribution in [3.63, 3.8) is 0 Å². The lowest BCUT2D eigenvalue weighted by molar-refractivity contribution is -0.124. The molecule has 3 aromatic carbocycles. The topological polar surface area (TPSA) is 69.7 Å². The first-order chi connectivity index (χ1) is 15.8. The summed E-state index contributed by atoms with van der Waals surface area (Å²) in [5, 5.41) is 3.26. The maximum Gasteiger partial charge on any atom is 0.332 e. The number of aryl methyl sites for hydroxylation is 1. The predicted octanol–water partition coefficient (Wildman–Crippen LogP) is 5.15. The molecule has 1 heterocycles. The van der Waals surface area contributed by atoms with Crippen LogP contribution in [0.1, 0.15) is 17.5 Å². The molecular weight excluding hydrogens is 445 g/mol. The number of imide groups is 1. The molecule has 0 aromatic heterocycles. The maximum absolute atomic E-state index is 13.3. The van der Waals surface area contributed by atoms with E-state index in [4.69, 9.17) is 11.6 Å². The van der Waals surface area contributed by atoms with Gasteiger partial charge in [0.15, 0.2) is 0 Å². The number of amides is 4. The third kappa shape index (κ3) is 5.04. The fourth-order valence-corrected chi connectivity index (χ4v) is 3.85. The average molecular weight is 466 g/mol. The van der Waals surface area contributed by atoms with Crippen molar-refractivity contribution in [1.82, 2.24) is 4.90 Å². The van der Waals surface area contributed by atoms with Crippen LogP contribution in [0.4, 0.5) is 20.6 Å². The fraction of sp³-hybridized carbons (Fsp3) is 0.160. The lowest BCUT2D eigenvalue weighted by atomic mass is 10.1. The molecule has 0 aliphatic carbocycles. The molecule has 0 bridgehead atoms. The van der Waals surface area contributed by atoms with Gasteiger partial charge in [-0.2, -0.15) is 0 Å². The fourth-order valence-electron chi connectivity index (χ4n) is 3.73. The first-order valence-electron chi connectivity index (χ1n) is 10.3. The molecule has 0 radical (unpaired) electrons. The van der Waals surface area contributed by atoms with Gasteiger partial charge in [-0.25, -0.2) is 14.1 Å². The summed E-state index contributed by atoms with van der Waals surface area (Å²) < 4.78 is 13.3. The second kappa shape index (κ2) is 9.42. The number of hydrogen-bond acceptors (Lipinski definition) is 3. The summed E-state index contributed by atoms with van der Waals surface area (Å²) in [4.78, 5) is 41.8. The largest absolute Gasteiger partial charge is 0.332 e. The first kappa shape index (κ1) is 22.5. The predicted molar refractivity (Wildman–Crippen MR) is 124 cm³/mol. The van der Waals surface area contributed by atoms with Crippen molar-refractivity contribution in [3.8, 4) is 0 Å². The van der Waals surface area contributed by atoms with Gasteiger partial charge in [0, 0.05) is 17.3 Å². The minimum atomic E-state index is -1.00. The van der Waals surface area contributed by atoms with Gasteiger partial charge in [-0.3, -0.25) is 9.59 Å². The van der Waals surface area contributed by atoms with Gasteiger partial charge in [-0.05, 0) is 66.6 Å². The van der Waals surface area contributed by atoms with Gasteiger partial charge in [0.1, 0.15) is 11.9 Å². The Morgan fingerprint density at radius 1 is 1.03 bits per heavy atom. The molecule has 1 atom stereocenters. The molecule has 168 valence electrons. The van der Waals surface area contributed by atoms with E-state index in [2.05, 4.69) is 5.32 Å². The molecule has 1 aliphatic heterocycles. The number of benzene rings is 3. The minimum absolute atomic E-state index is 0.0616. The highest BCUT2D eigenvalue weighted by Gasteiger charge is 2.46. The van der Waals surface area contributed by atoms with E-state index >= 15 is 0 Å². The number of nitrogens with one attached hydrogen (secondary N) is 1. The van der Waals surface area contributed by atoms with Crippen LogP contribution in [0, 0.1) is 12.7 Å². The number of carbonyl (C=O) groups excluding carboxylic acids is 3. The van der Waals surface area contributed by atoms with Crippen molar-refractivity contribution in [2.45, 2.75) is 25.9 Å². The Morgan fingerprint density at radius 3 is 2.39 bits per heavy atom. The van der Waals surface area contributed by atoms with Crippen LogP contribution >= 0.6 is 11.6 Å². The molecule has 6 nitrogen and oxygen atoms in total. The number of urea groups is 1. The number of nitrogens with zero attached hydrogens (tertiary/aromatic N) is 2. The van der Waals surface area contributed by atoms with Gasteiger partial charge in [-0.1, -0.05) is 35.9 Å². The van der Waals surface area contributed by atoms with E-state index in [0.29, 0.717) is 22.0 Å². The van der Waals surface area contributed by atoms with E-state index in [0.717, 1.165) is 10.5 Å². The third-order valence-electron chi connectivity index (χ3n) is 5.35. The smallest absolute Gasteiger partial charge is 0.326 e. The molecule has 0 saturated carbocycles. The lowest BCUT2D eigenvalue weighted by Crippen LogP contribution is -2.37. The molecule has 33 heavy (non-hydrogen) atoms. The second-order valence-electron chi connectivity index (χ2n) is 7.82. The molecule has 0 spiro atoms. The summed E-state index contributed by atoms with van der Waals surface area (Å²) in [6, 6.07) is 17.8. The molecule has 3 aromatic rings. The third-order valence-corrected chi connectivity index (χ3v) is 5.60. The van der Waals surface area contributed by atoms with E-state index in [1.165, 1.54) is 17.0 Å². The monoisotopic (exact) mass is 465 g/mol. The Morgan fingerprint density at radius 2 is 1.73 bits per heavy atom. The Bertz CT molecular complexity index is 1200. The van der Waals surface area contributed by atoms with E-state index < -0.39 is 29.7 Å². The SMILES string of the molecule is Cc1cccc(N2C(=O)C(CC(=O)Nc3ccc(Cl)cc3)N(Cc3ccc(F)cc3)C2=O)c1. The molecule has 4 rings (SSSR count). The molecular formula is C25H21ClFN3O3. The summed E-state index contributed by atoms with van der Waals surface area (Å²) >= 11 is 5.88. The standard InChI is InChI=1S/C25H21ClFN3O3/c1-16-3-2-4-21(13-16)30-24(32)22(14-23(31)28-20-11-7-18(26)8-12-20)29(25(30)33)15-17-5-9-19(27)10-6-17/h2-13,22H,14-15H2,1H3,(H,28,31). The lowest BCUT2D eigenvalue weighted by Gasteiger charge is -2.21. The van der Waals surface area contributed by atoms with E-state index in [-0.39, 0.29) is 13.0 Å². The molecule has 1 aliphatic rings. The van der Waals surface area contributed by atoms with Crippen LogP contribution in [0.15, 0.2) is 72.8 Å². The van der Waals surface area contributed by atoms with Gasteiger partial charge in [0.2, 0.25) is 5.91 Å². The highest BCUT2D eigenvalue weighted by molar-refractivity contribution is 6.30. The highest BCUT2D eigenvalue weighted by Crippen LogP contribution is 2.29. The number of carbonyl (C=O) groups is 3. The zero-order chi connectivity index (χ0) is 23.5. The normalized spacial score (nSPS) is 15.8. The molecule has 4 amide bonds. The zero-order valence-corrected chi connectivity index (χ0v) is 18.6. The Labute approximate surface area is 195 Å². The second-order valence-corrected chi connectivity index (χ2v) is 8.26. The van der Waals surface area contributed by atoms with E-state index in [9.17, 15) is 18.8 Å². The van der Waals surface area contributed by atoms with Gasteiger partial charge in [0.25, 0.3) is 5.91 Å². The van der Waals surface area contributed by atoms with Gasteiger partial charge in [-0.15, -0.1) is 0 Å². The van der Waals surface area contributed by atoms with Crippen molar-refractivity contribution >= 4 is 40.8 Å². The van der Waals surface area contributed by atoms with Crippen LogP contribution in [-0.2, 0) is 16.1 Å². The molecule has 1 N–H and O–H groups in total. The number of hydrogen-bond donors (Lipinski definition) is 1. The Kier molecular flexibility index (Phi) is 6.42. The van der Waals surface area contributed by atoms with Gasteiger partial charge >= 0.3 is 6.03 Å². The van der Waals surface area contributed by atoms with Crippen LogP contribution in [0.5, 0.6) is 0 Å². The van der Waals surface area contributed by atoms with Crippen LogP contribution in [-0.4, -0.2) is 28.8 Å². The highest BCUT2D eigenvalue weighted by atomic mass is 35.5. The van der Waals surface area contributed by atoms with E-state index in [1.54, 1.807) is 54.6 Å². The van der Waals surface area contributed by atoms with Crippen LogP contribution in [0.3, 0.4) is 0 Å². The van der Waals surface area contributed by atoms with Crippen LogP contribution in [0.2, 0.25) is 5.02 Å². The quantitative estimate of drug-likeness (QED) is 0.511. The maximum atomic E-state index is 13.3. The van der Waals surface area contributed by atoms with Crippen molar-refractivity contribution in [2.75, 3.05) is 10.2 Å². The van der Waals surface area contributed by atoms with Crippen LogP contribution < -0.4 is 10.2 Å². The van der Waals surface area contributed by atoms with Gasteiger partial charge in [0.05, 0.1) is 12.1 Å². The summed E-state index contributed by atoms with van der Waals surface area (Å²) in [6.07, 6.45) is -0.225. The summed E-state index contributed by atoms with van der Waals surface area (Å²) in [5.74, 6) is -1.31. The number of rotatable bonds is 6. The first-order valence-corrected chi connectivity index (χ1v) is 10.7. The van der Waals surface area contributed by atoms with Crippen molar-refractivity contribution in [2.24, 2.45) is 0 Å². The summed E-state index contributed by atoms with van der Waals surface area (Å²) in [6.45, 7) is 1.92.